The molecule has 5 rings (SSSR count). The Hall–Kier alpha value is -3.44. The van der Waals surface area contributed by atoms with Crippen molar-refractivity contribution in [2.45, 2.75) is 17.6 Å². The van der Waals surface area contributed by atoms with Crippen molar-refractivity contribution in [3.05, 3.63) is 70.8 Å². The van der Waals surface area contributed by atoms with Crippen LogP contribution in [0.2, 0.25) is 0 Å². The molecule has 1 atom stereocenters. The van der Waals surface area contributed by atoms with Crippen LogP contribution in [0.3, 0.4) is 0 Å². The number of amides is 1. The lowest BCUT2D eigenvalue weighted by Crippen LogP contribution is -2.28. The quantitative estimate of drug-likeness (QED) is 0.446. The molecule has 0 fully saturated rings. The standard InChI is InChI=1S/C20H16N6O3S2/c27-14-7-5-13(6-8-14)25-20(21-23-24-25)31-12-19(28)26-16(17-3-1-9-29-17)11-15(22-26)18-4-2-10-30-18/h1-10,16,27H,11-12H2/t16-/m1/s1. The van der Waals surface area contributed by atoms with E-state index < -0.39 is 0 Å². The molecule has 11 heteroatoms. The van der Waals surface area contributed by atoms with Gasteiger partial charge in [0.2, 0.25) is 5.16 Å². The van der Waals surface area contributed by atoms with Crippen LogP contribution in [0.15, 0.2) is 74.8 Å². The van der Waals surface area contributed by atoms with Crippen LogP contribution in [-0.2, 0) is 4.79 Å². The summed E-state index contributed by atoms with van der Waals surface area (Å²) in [7, 11) is 0. The van der Waals surface area contributed by atoms with Gasteiger partial charge in [0.05, 0.1) is 28.3 Å². The second kappa shape index (κ2) is 8.36. The molecule has 1 aliphatic rings. The Morgan fingerprint density at radius 3 is 2.84 bits per heavy atom. The molecule has 0 unspecified atom stereocenters. The van der Waals surface area contributed by atoms with Gasteiger partial charge < -0.3 is 9.52 Å². The topological polar surface area (TPSA) is 110 Å². The number of phenols is 1. The van der Waals surface area contributed by atoms with Gasteiger partial charge in [-0.1, -0.05) is 17.8 Å². The first kappa shape index (κ1) is 19.5. The molecule has 1 aliphatic heterocycles. The van der Waals surface area contributed by atoms with Crippen LogP contribution >= 0.6 is 23.1 Å². The van der Waals surface area contributed by atoms with Crippen molar-refractivity contribution in [3.63, 3.8) is 0 Å². The largest absolute Gasteiger partial charge is 0.508 e. The highest BCUT2D eigenvalue weighted by atomic mass is 32.2. The van der Waals surface area contributed by atoms with Crippen molar-refractivity contribution in [1.29, 1.82) is 0 Å². The summed E-state index contributed by atoms with van der Waals surface area (Å²) >= 11 is 2.81. The van der Waals surface area contributed by atoms with E-state index in [9.17, 15) is 9.90 Å². The molecule has 4 aromatic rings. The van der Waals surface area contributed by atoms with Gasteiger partial charge in [-0.3, -0.25) is 4.79 Å². The Labute approximate surface area is 185 Å². The number of aromatic hydroxyl groups is 1. The fourth-order valence-electron chi connectivity index (χ4n) is 3.25. The van der Waals surface area contributed by atoms with Crippen LogP contribution in [0.4, 0.5) is 0 Å². The second-order valence-electron chi connectivity index (χ2n) is 6.68. The van der Waals surface area contributed by atoms with E-state index in [-0.39, 0.29) is 23.5 Å². The predicted octanol–water partition coefficient (Wildman–Crippen LogP) is 3.49. The highest BCUT2D eigenvalue weighted by Gasteiger charge is 2.35. The summed E-state index contributed by atoms with van der Waals surface area (Å²) in [5, 5.41) is 29.7. The van der Waals surface area contributed by atoms with Crippen LogP contribution in [0.25, 0.3) is 5.69 Å². The molecule has 0 aliphatic carbocycles. The Bertz CT molecular complexity index is 1200. The van der Waals surface area contributed by atoms with Crippen LogP contribution < -0.4 is 0 Å². The summed E-state index contributed by atoms with van der Waals surface area (Å²) in [5.41, 5.74) is 1.55. The molecule has 0 radical (unpaired) electrons. The molecule has 1 N–H and O–H groups in total. The van der Waals surface area contributed by atoms with Crippen molar-refractivity contribution in [2.24, 2.45) is 5.10 Å². The van der Waals surface area contributed by atoms with E-state index in [4.69, 9.17) is 4.42 Å². The number of nitrogens with zero attached hydrogens (tertiary/aromatic N) is 6. The number of thiophene rings is 1. The minimum absolute atomic E-state index is 0.108. The van der Waals surface area contributed by atoms with E-state index in [0.717, 1.165) is 10.6 Å². The zero-order chi connectivity index (χ0) is 21.2. The van der Waals surface area contributed by atoms with Crippen molar-refractivity contribution in [1.82, 2.24) is 25.2 Å². The summed E-state index contributed by atoms with van der Waals surface area (Å²) in [6, 6.07) is 13.8. The first-order chi connectivity index (χ1) is 15.2. The highest BCUT2D eigenvalue weighted by molar-refractivity contribution is 7.99. The molecule has 3 aromatic heterocycles. The molecule has 0 bridgehead atoms. The molecule has 0 saturated heterocycles. The smallest absolute Gasteiger partial charge is 0.253 e. The zero-order valence-corrected chi connectivity index (χ0v) is 17.7. The van der Waals surface area contributed by atoms with Gasteiger partial charge >= 0.3 is 0 Å². The fraction of sp³-hybridized carbons (Fsp3) is 0.150. The Kier molecular flexibility index (Phi) is 5.26. The molecule has 4 heterocycles. The third-order valence-corrected chi connectivity index (χ3v) is 6.53. The van der Waals surface area contributed by atoms with Gasteiger partial charge in [-0.25, -0.2) is 5.01 Å². The number of aromatic nitrogens is 4. The molecule has 31 heavy (non-hydrogen) atoms. The molecule has 156 valence electrons. The molecular formula is C20H16N6O3S2. The number of hydrogen-bond donors (Lipinski definition) is 1. The summed E-state index contributed by atoms with van der Waals surface area (Å²) in [4.78, 5) is 14.1. The van der Waals surface area contributed by atoms with E-state index in [1.54, 1.807) is 41.9 Å². The minimum Gasteiger partial charge on any atom is -0.508 e. The first-order valence-corrected chi connectivity index (χ1v) is 11.2. The van der Waals surface area contributed by atoms with Gasteiger partial charge in [-0.05, 0) is 58.3 Å². The normalized spacial score (nSPS) is 15.9. The van der Waals surface area contributed by atoms with Gasteiger partial charge in [0.1, 0.15) is 17.6 Å². The van der Waals surface area contributed by atoms with Crippen LogP contribution in [0.1, 0.15) is 23.1 Å². The molecule has 9 nitrogen and oxygen atoms in total. The lowest BCUT2D eigenvalue weighted by molar-refractivity contribution is -0.130. The lowest BCUT2D eigenvalue weighted by atomic mass is 10.1. The molecule has 1 aromatic carbocycles. The van der Waals surface area contributed by atoms with E-state index in [0.29, 0.717) is 23.0 Å². The van der Waals surface area contributed by atoms with Gasteiger partial charge in [0.15, 0.2) is 0 Å². The monoisotopic (exact) mass is 452 g/mol. The molecule has 0 spiro atoms. The Morgan fingerprint density at radius 1 is 1.23 bits per heavy atom. The average Bonchev–Trinajstić information content (AvgIpc) is 3.58. The number of phenolic OH excluding ortho intramolecular Hbond substituents is 1. The Morgan fingerprint density at radius 2 is 2.10 bits per heavy atom. The Balaban J connectivity index is 1.34. The van der Waals surface area contributed by atoms with E-state index in [1.807, 2.05) is 29.6 Å². The third kappa shape index (κ3) is 3.97. The minimum atomic E-state index is -0.284. The molecule has 1 amide bonds. The first-order valence-electron chi connectivity index (χ1n) is 9.36. The maximum atomic E-state index is 13.1. The summed E-state index contributed by atoms with van der Waals surface area (Å²) < 4.78 is 7.09. The fourth-order valence-corrected chi connectivity index (χ4v) is 4.72. The maximum Gasteiger partial charge on any atom is 0.253 e. The number of carbonyl (C=O) groups excluding carboxylic acids is 1. The third-order valence-electron chi connectivity index (χ3n) is 4.70. The van der Waals surface area contributed by atoms with E-state index in [1.165, 1.54) is 21.5 Å². The van der Waals surface area contributed by atoms with E-state index >= 15 is 0 Å². The van der Waals surface area contributed by atoms with Gasteiger partial charge in [0, 0.05) is 6.42 Å². The van der Waals surface area contributed by atoms with E-state index in [2.05, 4.69) is 20.6 Å². The summed E-state index contributed by atoms with van der Waals surface area (Å²) in [6.07, 6.45) is 2.19. The van der Waals surface area contributed by atoms with Crippen molar-refractivity contribution >= 4 is 34.7 Å². The lowest BCUT2D eigenvalue weighted by Gasteiger charge is -2.19. The van der Waals surface area contributed by atoms with Crippen molar-refractivity contribution in [3.8, 4) is 11.4 Å². The summed E-state index contributed by atoms with van der Waals surface area (Å²) in [5.74, 6) is 0.788. The average molecular weight is 453 g/mol. The number of tetrazole rings is 1. The number of hydrazone groups is 1. The molecular weight excluding hydrogens is 436 g/mol. The SMILES string of the molecule is O=C(CSc1nnnn1-c1ccc(O)cc1)N1N=C(c2cccs2)C[C@@H]1c1ccco1. The van der Waals surface area contributed by atoms with Gasteiger partial charge in [-0.2, -0.15) is 9.78 Å². The van der Waals surface area contributed by atoms with Crippen LogP contribution in [0.5, 0.6) is 5.75 Å². The number of hydrogen-bond acceptors (Lipinski definition) is 9. The number of benzene rings is 1. The van der Waals surface area contributed by atoms with Crippen molar-refractivity contribution < 1.29 is 14.3 Å². The second-order valence-corrected chi connectivity index (χ2v) is 8.57. The number of furan rings is 1. The van der Waals surface area contributed by atoms with Crippen LogP contribution in [0, 0.1) is 0 Å². The highest BCUT2D eigenvalue weighted by Crippen LogP contribution is 2.34. The predicted molar refractivity (Wildman–Crippen MR) is 115 cm³/mol. The van der Waals surface area contributed by atoms with Crippen LogP contribution in [-0.4, -0.2) is 47.7 Å². The number of rotatable bonds is 6. The van der Waals surface area contributed by atoms with Crippen molar-refractivity contribution in [2.75, 3.05) is 5.75 Å². The maximum absolute atomic E-state index is 13.1. The number of carbonyl (C=O) groups is 1. The zero-order valence-electron chi connectivity index (χ0n) is 16.0. The summed E-state index contributed by atoms with van der Waals surface area (Å²) in [6.45, 7) is 0. The van der Waals surface area contributed by atoms with Gasteiger partial charge in [0.25, 0.3) is 5.91 Å². The number of thioether (sulfide) groups is 1. The van der Waals surface area contributed by atoms with Gasteiger partial charge in [-0.15, -0.1) is 16.4 Å². The molecule has 0 saturated carbocycles.